The van der Waals surface area contributed by atoms with Gasteiger partial charge in [-0.2, -0.15) is 5.48 Å². The molecule has 0 unspecified atom stereocenters. The molecule has 0 atom stereocenters. The fourth-order valence-electron chi connectivity index (χ4n) is 0.383. The highest BCUT2D eigenvalue weighted by atomic mass is 16.7. The second-order valence-electron chi connectivity index (χ2n) is 1.27. The molecule has 2 heteroatoms. The molecule has 0 bridgehead atoms. The Morgan fingerprint density at radius 2 is 1.80 bits per heavy atom. The smallest absolute Gasteiger partial charge is 0.118 e. The highest BCUT2D eigenvalue weighted by Crippen LogP contribution is 1.95. The van der Waals surface area contributed by atoms with Crippen molar-refractivity contribution < 1.29 is 4.84 Å². The van der Waals surface area contributed by atoms with Gasteiger partial charge in [-0.05, 0) is 13.0 Å². The maximum atomic E-state index is 4.76. The van der Waals surface area contributed by atoms with Gasteiger partial charge in [-0.15, -0.1) is 0 Å². The minimum atomic E-state index is 0.853. The van der Waals surface area contributed by atoms with E-state index in [1.807, 2.05) is 40.7 Å². The molecule has 0 aliphatic carbocycles. The van der Waals surface area contributed by atoms with Crippen LogP contribution in [-0.4, -0.2) is 6.54 Å². The van der Waals surface area contributed by atoms with E-state index in [9.17, 15) is 0 Å². The van der Waals surface area contributed by atoms with Crippen LogP contribution in [-0.2, 0) is 4.84 Å². The van der Waals surface area contributed by atoms with Gasteiger partial charge >= 0.3 is 0 Å². The van der Waals surface area contributed by atoms with Crippen molar-refractivity contribution in [1.29, 1.82) is 0 Å². The van der Waals surface area contributed by atoms with Crippen molar-refractivity contribution >= 4 is 0 Å². The molecule has 0 amide bonds. The van der Waals surface area contributed by atoms with Crippen LogP contribution in [0.1, 0.15) is 34.6 Å². The summed E-state index contributed by atoms with van der Waals surface area (Å²) in [6.07, 6.45) is 1.99. The molecule has 0 aromatic rings. The van der Waals surface area contributed by atoms with Crippen molar-refractivity contribution in [1.82, 2.24) is 5.48 Å². The summed E-state index contributed by atoms with van der Waals surface area (Å²) < 4.78 is 0. The maximum Gasteiger partial charge on any atom is 0.118 e. The third-order valence-electron chi connectivity index (χ3n) is 0.706. The van der Waals surface area contributed by atoms with Crippen LogP contribution in [0.4, 0.5) is 0 Å². The van der Waals surface area contributed by atoms with Gasteiger partial charge in [0, 0.05) is 0 Å². The molecule has 0 saturated heterocycles. The number of hydroxylamine groups is 1. The topological polar surface area (TPSA) is 21.3 Å². The number of allylic oxidation sites excluding steroid dienone is 1. The SMILES string of the molecule is CC.CC.CC1=CCNO1. The third kappa shape index (κ3) is 7.50. The van der Waals surface area contributed by atoms with E-state index in [0.29, 0.717) is 0 Å². The van der Waals surface area contributed by atoms with Crippen LogP contribution >= 0.6 is 0 Å². The van der Waals surface area contributed by atoms with Crippen molar-refractivity contribution in [3.05, 3.63) is 11.8 Å². The quantitative estimate of drug-likeness (QED) is 0.565. The zero-order valence-electron chi connectivity index (χ0n) is 7.69. The summed E-state index contributed by atoms with van der Waals surface area (Å²) >= 11 is 0. The van der Waals surface area contributed by atoms with Crippen LogP contribution in [0.25, 0.3) is 0 Å². The molecule has 10 heavy (non-hydrogen) atoms. The van der Waals surface area contributed by atoms with Gasteiger partial charge in [-0.3, -0.25) is 0 Å². The molecule has 0 spiro atoms. The lowest BCUT2D eigenvalue weighted by Gasteiger charge is -1.90. The lowest BCUT2D eigenvalue weighted by molar-refractivity contribution is 0.141. The first kappa shape index (κ1) is 12.2. The van der Waals surface area contributed by atoms with Gasteiger partial charge in [0.15, 0.2) is 0 Å². The highest BCUT2D eigenvalue weighted by Gasteiger charge is 1.93. The van der Waals surface area contributed by atoms with Crippen LogP contribution in [0.2, 0.25) is 0 Å². The summed E-state index contributed by atoms with van der Waals surface area (Å²) in [7, 11) is 0. The van der Waals surface area contributed by atoms with Gasteiger partial charge in [0.05, 0.1) is 6.54 Å². The first-order chi connectivity index (χ1) is 4.89. The van der Waals surface area contributed by atoms with Crippen LogP contribution in [0, 0.1) is 0 Å². The second kappa shape index (κ2) is 11.3. The monoisotopic (exact) mass is 145 g/mol. The van der Waals surface area contributed by atoms with E-state index in [4.69, 9.17) is 4.84 Å². The molecule has 0 fully saturated rings. The average molecular weight is 145 g/mol. The molecule has 0 aromatic heterocycles. The predicted octanol–water partition coefficient (Wildman–Crippen LogP) is 2.48. The minimum Gasteiger partial charge on any atom is -0.413 e. The first-order valence-corrected chi connectivity index (χ1v) is 3.96. The summed E-state index contributed by atoms with van der Waals surface area (Å²) in [5.41, 5.74) is 2.68. The molecule has 0 aromatic carbocycles. The zero-order valence-corrected chi connectivity index (χ0v) is 7.69. The van der Waals surface area contributed by atoms with E-state index in [0.717, 1.165) is 12.3 Å². The molecule has 0 saturated carbocycles. The van der Waals surface area contributed by atoms with E-state index in [2.05, 4.69) is 5.48 Å². The van der Waals surface area contributed by atoms with Crippen molar-refractivity contribution in [2.45, 2.75) is 34.6 Å². The Bertz CT molecular complexity index is 79.3. The standard InChI is InChI=1S/C4H7NO.2C2H6/c1-4-2-3-5-6-4;2*1-2/h2,5H,3H2,1H3;2*1-2H3. The van der Waals surface area contributed by atoms with Gasteiger partial charge in [-0.25, -0.2) is 0 Å². The fraction of sp³-hybridized carbons (Fsp3) is 0.750. The summed E-state index contributed by atoms with van der Waals surface area (Å²) in [6, 6.07) is 0. The Hall–Kier alpha value is -0.500. The zero-order chi connectivity index (χ0) is 8.41. The number of nitrogens with one attached hydrogen (secondary N) is 1. The number of hydrogen-bond acceptors (Lipinski definition) is 2. The van der Waals surface area contributed by atoms with Crippen molar-refractivity contribution in [3.63, 3.8) is 0 Å². The Kier molecular flexibility index (Phi) is 13.8. The normalized spacial score (nSPS) is 13.1. The van der Waals surface area contributed by atoms with E-state index in [-0.39, 0.29) is 0 Å². The molecular formula is C8H19NO. The lowest BCUT2D eigenvalue weighted by atomic mass is 10.5. The Morgan fingerprint density at radius 1 is 1.30 bits per heavy atom. The minimum absolute atomic E-state index is 0.853. The van der Waals surface area contributed by atoms with Gasteiger partial charge < -0.3 is 4.84 Å². The molecule has 2 nitrogen and oxygen atoms in total. The van der Waals surface area contributed by atoms with Gasteiger partial charge in [0.2, 0.25) is 0 Å². The van der Waals surface area contributed by atoms with Gasteiger partial charge in [0.25, 0.3) is 0 Å². The Labute approximate surface area is 64.2 Å². The molecular weight excluding hydrogens is 126 g/mol. The molecule has 1 rings (SSSR count). The van der Waals surface area contributed by atoms with E-state index in [1.165, 1.54) is 0 Å². The second-order valence-corrected chi connectivity index (χ2v) is 1.27. The van der Waals surface area contributed by atoms with Crippen LogP contribution in [0.3, 0.4) is 0 Å². The highest BCUT2D eigenvalue weighted by molar-refractivity contribution is 4.92. The third-order valence-corrected chi connectivity index (χ3v) is 0.706. The summed E-state index contributed by atoms with van der Waals surface area (Å²) in [6.45, 7) is 10.8. The average Bonchev–Trinajstić information content (AvgIpc) is 2.48. The van der Waals surface area contributed by atoms with Crippen molar-refractivity contribution in [3.8, 4) is 0 Å². The number of hydrogen-bond donors (Lipinski definition) is 1. The summed E-state index contributed by atoms with van der Waals surface area (Å²) in [5, 5.41) is 0. The van der Waals surface area contributed by atoms with Crippen molar-refractivity contribution in [2.75, 3.05) is 6.54 Å². The molecule has 1 aliphatic heterocycles. The predicted molar refractivity (Wildman–Crippen MR) is 45.5 cm³/mol. The molecule has 62 valence electrons. The van der Waals surface area contributed by atoms with Gasteiger partial charge in [0.1, 0.15) is 5.76 Å². The molecule has 1 heterocycles. The Morgan fingerprint density at radius 3 is 1.90 bits per heavy atom. The van der Waals surface area contributed by atoms with E-state index in [1.54, 1.807) is 0 Å². The molecule has 1 N–H and O–H groups in total. The summed E-state index contributed by atoms with van der Waals surface area (Å²) in [5.74, 6) is 0.968. The fourth-order valence-corrected chi connectivity index (χ4v) is 0.383. The van der Waals surface area contributed by atoms with E-state index < -0.39 is 0 Å². The lowest BCUT2D eigenvalue weighted by Crippen LogP contribution is -2.03. The number of rotatable bonds is 0. The molecule has 0 radical (unpaired) electrons. The largest absolute Gasteiger partial charge is 0.413 e. The van der Waals surface area contributed by atoms with Crippen LogP contribution in [0.5, 0.6) is 0 Å². The summed E-state index contributed by atoms with van der Waals surface area (Å²) in [4.78, 5) is 4.76. The Balaban J connectivity index is 0. The van der Waals surface area contributed by atoms with E-state index >= 15 is 0 Å². The maximum absolute atomic E-state index is 4.76. The van der Waals surface area contributed by atoms with Crippen LogP contribution < -0.4 is 5.48 Å². The van der Waals surface area contributed by atoms with Crippen molar-refractivity contribution in [2.24, 2.45) is 0 Å². The molecule has 1 aliphatic rings. The van der Waals surface area contributed by atoms with Gasteiger partial charge in [-0.1, -0.05) is 27.7 Å². The first-order valence-electron chi connectivity index (χ1n) is 3.96. The van der Waals surface area contributed by atoms with Crippen LogP contribution in [0.15, 0.2) is 11.8 Å².